The van der Waals surface area contributed by atoms with Gasteiger partial charge in [0.05, 0.1) is 11.7 Å². The topological polar surface area (TPSA) is 92.9 Å². The highest BCUT2D eigenvalue weighted by molar-refractivity contribution is 5.85. The highest BCUT2D eigenvalue weighted by atomic mass is 16.5. The number of carboxylic acid groups (broad SMARTS) is 1. The van der Waals surface area contributed by atoms with Crippen molar-refractivity contribution in [3.8, 4) is 0 Å². The zero-order valence-corrected chi connectivity index (χ0v) is 12.0. The molecule has 3 atom stereocenters. The second kappa shape index (κ2) is 5.88. The number of likely N-dealkylation sites (tertiary alicyclic amines) is 1. The van der Waals surface area contributed by atoms with Crippen LogP contribution in [0.5, 0.6) is 0 Å². The molecular formula is C13H24N2O4. The fraction of sp³-hybridized carbons (Fsp3) is 0.846. The number of rotatable bonds is 5. The number of hydrogen-bond acceptors (Lipinski definition) is 4. The van der Waals surface area contributed by atoms with Crippen molar-refractivity contribution >= 4 is 11.9 Å². The lowest BCUT2D eigenvalue weighted by molar-refractivity contribution is -0.160. The molecule has 3 N–H and O–H groups in total. The minimum absolute atomic E-state index is 0.0381. The summed E-state index contributed by atoms with van der Waals surface area (Å²) in [6.45, 7) is 8.05. The first-order valence-corrected chi connectivity index (χ1v) is 6.56. The number of aliphatic carboxylic acids is 1. The standard InChI is InChI=1S/C13H24N2O4/c1-8(19-13(2,3)4)11(12(17)18)15-7-9(6-14)5-10(15)16/h8-9,11H,5-7,14H2,1-4H3,(H,17,18)/t8-,9?,11+/m1/s1. The molecule has 1 heterocycles. The summed E-state index contributed by atoms with van der Waals surface area (Å²) in [5.74, 6) is -1.16. The normalized spacial score (nSPS) is 23.5. The summed E-state index contributed by atoms with van der Waals surface area (Å²) in [5, 5.41) is 9.37. The molecule has 1 aliphatic rings. The molecule has 0 aromatic carbocycles. The van der Waals surface area contributed by atoms with Crippen LogP contribution in [0.15, 0.2) is 0 Å². The van der Waals surface area contributed by atoms with E-state index in [2.05, 4.69) is 0 Å². The molecule has 1 amide bonds. The Bertz CT molecular complexity index is 351. The van der Waals surface area contributed by atoms with E-state index in [0.29, 0.717) is 19.5 Å². The van der Waals surface area contributed by atoms with Gasteiger partial charge in [-0.15, -0.1) is 0 Å². The molecule has 110 valence electrons. The Morgan fingerprint density at radius 2 is 2.16 bits per heavy atom. The summed E-state index contributed by atoms with van der Waals surface area (Å²) in [4.78, 5) is 24.7. The fourth-order valence-corrected chi connectivity index (χ4v) is 2.44. The molecule has 6 heteroatoms. The summed E-state index contributed by atoms with van der Waals surface area (Å²) < 4.78 is 5.68. The molecule has 1 aliphatic heterocycles. The first-order valence-electron chi connectivity index (χ1n) is 6.56. The molecule has 1 unspecified atom stereocenters. The summed E-state index contributed by atoms with van der Waals surface area (Å²) >= 11 is 0. The quantitative estimate of drug-likeness (QED) is 0.758. The van der Waals surface area contributed by atoms with Crippen molar-refractivity contribution in [2.45, 2.75) is 51.9 Å². The van der Waals surface area contributed by atoms with E-state index in [0.717, 1.165) is 0 Å². The summed E-state index contributed by atoms with van der Waals surface area (Å²) in [5.41, 5.74) is 5.10. The van der Waals surface area contributed by atoms with E-state index >= 15 is 0 Å². The van der Waals surface area contributed by atoms with Gasteiger partial charge in [0.15, 0.2) is 6.04 Å². The molecule has 19 heavy (non-hydrogen) atoms. The summed E-state index contributed by atoms with van der Waals surface area (Å²) in [6.07, 6.45) is -0.249. The van der Waals surface area contributed by atoms with E-state index in [1.165, 1.54) is 4.90 Å². The zero-order valence-electron chi connectivity index (χ0n) is 12.0. The number of amides is 1. The van der Waals surface area contributed by atoms with Gasteiger partial charge < -0.3 is 20.5 Å². The van der Waals surface area contributed by atoms with Crippen molar-refractivity contribution in [1.82, 2.24) is 4.90 Å². The van der Waals surface area contributed by atoms with E-state index < -0.39 is 23.7 Å². The number of nitrogens with two attached hydrogens (primary N) is 1. The molecule has 1 rings (SSSR count). The third kappa shape index (κ3) is 4.18. The van der Waals surface area contributed by atoms with Crippen LogP contribution in [0.3, 0.4) is 0 Å². The average molecular weight is 272 g/mol. The number of hydrogen-bond donors (Lipinski definition) is 2. The molecule has 0 aromatic rings. The average Bonchev–Trinajstić information content (AvgIpc) is 2.57. The number of carbonyl (C=O) groups excluding carboxylic acids is 1. The molecule has 1 saturated heterocycles. The van der Waals surface area contributed by atoms with Crippen LogP contribution in [-0.2, 0) is 14.3 Å². The van der Waals surface area contributed by atoms with Crippen molar-refractivity contribution < 1.29 is 19.4 Å². The maximum atomic E-state index is 11.9. The molecule has 6 nitrogen and oxygen atoms in total. The second-order valence-corrected chi connectivity index (χ2v) is 6.07. The zero-order chi connectivity index (χ0) is 14.8. The molecule has 0 aliphatic carbocycles. The lowest BCUT2D eigenvalue weighted by Crippen LogP contribution is -2.51. The van der Waals surface area contributed by atoms with Gasteiger partial charge in [0.1, 0.15) is 0 Å². The number of nitrogens with zero attached hydrogens (tertiary/aromatic N) is 1. The van der Waals surface area contributed by atoms with Gasteiger partial charge in [-0.25, -0.2) is 4.79 Å². The lowest BCUT2D eigenvalue weighted by Gasteiger charge is -2.33. The predicted molar refractivity (Wildman–Crippen MR) is 70.6 cm³/mol. The van der Waals surface area contributed by atoms with E-state index in [9.17, 15) is 14.7 Å². The Hall–Kier alpha value is -1.14. The van der Waals surface area contributed by atoms with Crippen LogP contribution in [0.25, 0.3) is 0 Å². The van der Waals surface area contributed by atoms with Crippen LogP contribution >= 0.6 is 0 Å². The SMILES string of the molecule is C[C@@H](OC(C)(C)C)[C@@H](C(=O)O)N1CC(CN)CC1=O. The highest BCUT2D eigenvalue weighted by Crippen LogP contribution is 2.24. The van der Waals surface area contributed by atoms with Gasteiger partial charge >= 0.3 is 5.97 Å². The molecular weight excluding hydrogens is 248 g/mol. The molecule has 0 aromatic heterocycles. The maximum absolute atomic E-state index is 11.9. The van der Waals surface area contributed by atoms with Crippen molar-refractivity contribution in [2.75, 3.05) is 13.1 Å². The minimum atomic E-state index is -1.04. The Morgan fingerprint density at radius 1 is 1.58 bits per heavy atom. The maximum Gasteiger partial charge on any atom is 0.329 e. The molecule has 0 radical (unpaired) electrons. The first kappa shape index (κ1) is 15.9. The van der Waals surface area contributed by atoms with Gasteiger partial charge in [-0.3, -0.25) is 4.79 Å². The minimum Gasteiger partial charge on any atom is -0.480 e. The van der Waals surface area contributed by atoms with E-state index in [4.69, 9.17) is 10.5 Å². The van der Waals surface area contributed by atoms with Gasteiger partial charge in [0.25, 0.3) is 0 Å². The van der Waals surface area contributed by atoms with Crippen molar-refractivity contribution in [3.05, 3.63) is 0 Å². The van der Waals surface area contributed by atoms with Gasteiger partial charge in [0.2, 0.25) is 5.91 Å². The van der Waals surface area contributed by atoms with Crippen LogP contribution in [-0.4, -0.2) is 52.7 Å². The molecule has 0 spiro atoms. The Balaban J connectivity index is 2.84. The summed E-state index contributed by atoms with van der Waals surface area (Å²) in [6, 6.07) is -0.955. The van der Waals surface area contributed by atoms with Crippen molar-refractivity contribution in [1.29, 1.82) is 0 Å². The van der Waals surface area contributed by atoms with Crippen LogP contribution < -0.4 is 5.73 Å². The van der Waals surface area contributed by atoms with Crippen molar-refractivity contribution in [3.63, 3.8) is 0 Å². The summed E-state index contributed by atoms with van der Waals surface area (Å²) in [7, 11) is 0. The van der Waals surface area contributed by atoms with Crippen LogP contribution in [0, 0.1) is 5.92 Å². The Labute approximate surface area is 113 Å². The number of carboxylic acids is 1. The largest absolute Gasteiger partial charge is 0.480 e. The van der Waals surface area contributed by atoms with Gasteiger partial charge in [0, 0.05) is 13.0 Å². The van der Waals surface area contributed by atoms with Gasteiger partial charge in [-0.1, -0.05) is 0 Å². The highest BCUT2D eigenvalue weighted by Gasteiger charge is 2.41. The van der Waals surface area contributed by atoms with E-state index in [1.54, 1.807) is 6.92 Å². The van der Waals surface area contributed by atoms with Crippen LogP contribution in [0.1, 0.15) is 34.1 Å². The number of carbonyl (C=O) groups is 2. The molecule has 0 saturated carbocycles. The Morgan fingerprint density at radius 3 is 2.53 bits per heavy atom. The van der Waals surface area contributed by atoms with Crippen LogP contribution in [0.2, 0.25) is 0 Å². The smallest absolute Gasteiger partial charge is 0.329 e. The predicted octanol–water partition coefficient (Wildman–Crippen LogP) is 0.450. The van der Waals surface area contributed by atoms with E-state index in [-0.39, 0.29) is 11.8 Å². The fourth-order valence-electron chi connectivity index (χ4n) is 2.44. The van der Waals surface area contributed by atoms with E-state index in [1.807, 2.05) is 20.8 Å². The van der Waals surface area contributed by atoms with Crippen LogP contribution in [0.4, 0.5) is 0 Å². The van der Waals surface area contributed by atoms with Crippen molar-refractivity contribution in [2.24, 2.45) is 11.7 Å². The first-order chi connectivity index (χ1) is 8.65. The third-order valence-corrected chi connectivity index (χ3v) is 3.14. The molecule has 1 fully saturated rings. The third-order valence-electron chi connectivity index (χ3n) is 3.14. The van der Waals surface area contributed by atoms with Gasteiger partial charge in [-0.2, -0.15) is 0 Å². The van der Waals surface area contributed by atoms with Gasteiger partial charge in [-0.05, 0) is 40.2 Å². The Kier molecular flexibility index (Phi) is 4.92. The molecule has 0 bridgehead atoms. The second-order valence-electron chi connectivity index (χ2n) is 6.07. The lowest BCUT2D eigenvalue weighted by atomic mass is 10.1. The number of ether oxygens (including phenoxy) is 1. The monoisotopic (exact) mass is 272 g/mol.